The monoisotopic (exact) mass is 295 g/mol. The molecule has 0 saturated heterocycles. The van der Waals surface area contributed by atoms with Crippen molar-refractivity contribution in [3.8, 4) is 0 Å². The van der Waals surface area contributed by atoms with E-state index in [1.54, 1.807) is 18.2 Å². The lowest BCUT2D eigenvalue weighted by molar-refractivity contribution is 0.104. The molecule has 0 aliphatic heterocycles. The van der Waals surface area contributed by atoms with Crippen LogP contribution < -0.4 is 5.73 Å². The van der Waals surface area contributed by atoms with E-state index >= 15 is 0 Å². The molecule has 0 fully saturated rings. The van der Waals surface area contributed by atoms with Gasteiger partial charge in [-0.1, -0.05) is 54.1 Å². The Hall–Kier alpha value is -2.32. The van der Waals surface area contributed by atoms with E-state index in [9.17, 15) is 4.79 Å². The van der Waals surface area contributed by atoms with Crippen molar-refractivity contribution in [3.05, 3.63) is 76.3 Å². The minimum Gasteiger partial charge on any atom is -0.398 e. The number of anilines is 1. The highest BCUT2D eigenvalue weighted by Gasteiger charge is 2.17. The van der Waals surface area contributed by atoms with E-state index in [2.05, 4.69) is 0 Å². The summed E-state index contributed by atoms with van der Waals surface area (Å²) >= 11 is 6.17. The standard InChI is InChI=1S/C18H14ClNO/c1-11-9-10-14(13-6-3-2-5-12(11)13)18(21)15-7-4-8-16(20)17(15)19/h2-10H,20H2,1H3. The second kappa shape index (κ2) is 5.23. The maximum absolute atomic E-state index is 12.8. The van der Waals surface area contributed by atoms with Crippen molar-refractivity contribution < 1.29 is 4.79 Å². The van der Waals surface area contributed by atoms with Gasteiger partial charge in [-0.25, -0.2) is 0 Å². The summed E-state index contributed by atoms with van der Waals surface area (Å²) < 4.78 is 0. The van der Waals surface area contributed by atoms with Crippen molar-refractivity contribution >= 4 is 33.8 Å². The van der Waals surface area contributed by atoms with Crippen molar-refractivity contribution in [2.24, 2.45) is 0 Å². The Morgan fingerprint density at radius 3 is 2.38 bits per heavy atom. The van der Waals surface area contributed by atoms with E-state index in [0.29, 0.717) is 21.8 Å². The largest absolute Gasteiger partial charge is 0.398 e. The molecule has 2 N–H and O–H groups in total. The van der Waals surface area contributed by atoms with Gasteiger partial charge >= 0.3 is 0 Å². The van der Waals surface area contributed by atoms with E-state index in [4.69, 9.17) is 17.3 Å². The summed E-state index contributed by atoms with van der Waals surface area (Å²) in [5.74, 6) is -0.108. The number of carbonyl (C=O) groups excluding carboxylic acids is 1. The van der Waals surface area contributed by atoms with Crippen molar-refractivity contribution in [2.45, 2.75) is 6.92 Å². The first-order valence-corrected chi connectivity index (χ1v) is 7.04. The van der Waals surface area contributed by atoms with E-state index in [0.717, 1.165) is 16.3 Å². The van der Waals surface area contributed by atoms with E-state index in [1.165, 1.54) is 0 Å². The van der Waals surface area contributed by atoms with Gasteiger partial charge in [0.1, 0.15) is 0 Å². The first-order chi connectivity index (χ1) is 10.1. The van der Waals surface area contributed by atoms with Crippen LogP contribution in [0.3, 0.4) is 0 Å². The van der Waals surface area contributed by atoms with Crippen molar-refractivity contribution in [1.29, 1.82) is 0 Å². The Morgan fingerprint density at radius 2 is 1.62 bits per heavy atom. The third-order valence-corrected chi connectivity index (χ3v) is 4.08. The lowest BCUT2D eigenvalue weighted by atomic mass is 9.94. The smallest absolute Gasteiger partial charge is 0.195 e. The molecule has 2 nitrogen and oxygen atoms in total. The minimum atomic E-state index is -0.108. The summed E-state index contributed by atoms with van der Waals surface area (Å²) in [6.45, 7) is 2.03. The van der Waals surface area contributed by atoms with Crippen LogP contribution in [0.4, 0.5) is 5.69 Å². The zero-order valence-electron chi connectivity index (χ0n) is 11.6. The van der Waals surface area contributed by atoms with Crippen LogP contribution >= 0.6 is 11.6 Å². The average Bonchev–Trinajstić information content (AvgIpc) is 2.50. The molecule has 0 amide bonds. The summed E-state index contributed by atoms with van der Waals surface area (Å²) in [6, 6.07) is 16.8. The molecular formula is C18H14ClNO. The van der Waals surface area contributed by atoms with Crippen LogP contribution in [0.5, 0.6) is 0 Å². The lowest BCUT2D eigenvalue weighted by Gasteiger charge is -2.10. The van der Waals surface area contributed by atoms with Crippen LogP contribution in [0.1, 0.15) is 21.5 Å². The summed E-state index contributed by atoms with van der Waals surface area (Å²) in [5.41, 5.74) is 8.42. The Balaban J connectivity index is 2.23. The molecule has 0 unspecified atom stereocenters. The fourth-order valence-corrected chi connectivity index (χ4v) is 2.73. The molecule has 0 bridgehead atoms. The topological polar surface area (TPSA) is 43.1 Å². The number of nitrogens with two attached hydrogens (primary N) is 1. The van der Waals surface area contributed by atoms with Crippen LogP contribution in [-0.4, -0.2) is 5.78 Å². The average molecular weight is 296 g/mol. The number of nitrogen functional groups attached to an aromatic ring is 1. The van der Waals surface area contributed by atoms with Crippen molar-refractivity contribution in [2.75, 3.05) is 5.73 Å². The zero-order chi connectivity index (χ0) is 15.0. The molecule has 0 atom stereocenters. The van der Waals surface area contributed by atoms with Crippen LogP contribution in [0.25, 0.3) is 10.8 Å². The maximum Gasteiger partial charge on any atom is 0.195 e. The highest BCUT2D eigenvalue weighted by Crippen LogP contribution is 2.29. The van der Waals surface area contributed by atoms with Crippen molar-refractivity contribution in [3.63, 3.8) is 0 Å². The van der Waals surface area contributed by atoms with Gasteiger partial charge in [-0.05, 0) is 35.4 Å². The highest BCUT2D eigenvalue weighted by molar-refractivity contribution is 6.37. The zero-order valence-corrected chi connectivity index (χ0v) is 12.3. The van der Waals surface area contributed by atoms with Gasteiger partial charge in [0.15, 0.2) is 5.78 Å². The van der Waals surface area contributed by atoms with E-state index in [1.807, 2.05) is 43.3 Å². The molecule has 0 aromatic heterocycles. The quantitative estimate of drug-likeness (QED) is 0.554. The van der Waals surface area contributed by atoms with Crippen LogP contribution in [0.15, 0.2) is 54.6 Å². The normalized spacial score (nSPS) is 10.8. The second-order valence-corrected chi connectivity index (χ2v) is 5.39. The van der Waals surface area contributed by atoms with Gasteiger partial charge in [0, 0.05) is 11.1 Å². The molecular weight excluding hydrogens is 282 g/mol. The summed E-state index contributed by atoms with van der Waals surface area (Å²) in [7, 11) is 0. The third-order valence-electron chi connectivity index (χ3n) is 3.66. The van der Waals surface area contributed by atoms with Gasteiger partial charge in [0.25, 0.3) is 0 Å². The summed E-state index contributed by atoms with van der Waals surface area (Å²) in [6.07, 6.45) is 0. The number of carbonyl (C=O) groups is 1. The molecule has 3 rings (SSSR count). The molecule has 0 heterocycles. The molecule has 3 heteroatoms. The third kappa shape index (κ3) is 2.28. The molecule has 3 aromatic rings. The molecule has 104 valence electrons. The van der Waals surface area contributed by atoms with E-state index < -0.39 is 0 Å². The predicted octanol–water partition coefficient (Wildman–Crippen LogP) is 4.61. The van der Waals surface area contributed by atoms with Gasteiger partial charge in [0.05, 0.1) is 10.7 Å². The molecule has 0 saturated carbocycles. The van der Waals surface area contributed by atoms with Gasteiger partial charge < -0.3 is 5.73 Å². The van der Waals surface area contributed by atoms with E-state index in [-0.39, 0.29) is 5.78 Å². The first-order valence-electron chi connectivity index (χ1n) is 6.66. The number of aryl methyl sites for hydroxylation is 1. The highest BCUT2D eigenvalue weighted by atomic mass is 35.5. The number of halogens is 1. The molecule has 0 aliphatic rings. The predicted molar refractivity (Wildman–Crippen MR) is 88.0 cm³/mol. The van der Waals surface area contributed by atoms with Gasteiger partial charge in [-0.15, -0.1) is 0 Å². The Morgan fingerprint density at radius 1 is 0.905 bits per heavy atom. The Bertz CT molecular complexity index is 855. The number of benzene rings is 3. The fraction of sp³-hybridized carbons (Fsp3) is 0.0556. The molecule has 0 spiro atoms. The Labute approximate surface area is 128 Å². The number of hydrogen-bond donors (Lipinski definition) is 1. The minimum absolute atomic E-state index is 0.108. The van der Waals surface area contributed by atoms with Gasteiger partial charge in [-0.2, -0.15) is 0 Å². The van der Waals surface area contributed by atoms with Crippen LogP contribution in [-0.2, 0) is 0 Å². The van der Waals surface area contributed by atoms with Crippen LogP contribution in [0, 0.1) is 6.92 Å². The Kier molecular flexibility index (Phi) is 3.40. The molecule has 0 aliphatic carbocycles. The number of fused-ring (bicyclic) bond motifs is 1. The van der Waals surface area contributed by atoms with Gasteiger partial charge in [0.2, 0.25) is 0 Å². The lowest BCUT2D eigenvalue weighted by Crippen LogP contribution is -2.05. The second-order valence-electron chi connectivity index (χ2n) is 5.01. The molecule has 21 heavy (non-hydrogen) atoms. The number of rotatable bonds is 2. The SMILES string of the molecule is Cc1ccc(C(=O)c2cccc(N)c2Cl)c2ccccc12. The summed E-state index contributed by atoms with van der Waals surface area (Å²) in [5, 5.41) is 2.32. The van der Waals surface area contributed by atoms with Crippen LogP contribution in [0.2, 0.25) is 5.02 Å². The number of hydrogen-bond acceptors (Lipinski definition) is 2. The first kappa shape index (κ1) is 13.7. The van der Waals surface area contributed by atoms with Crippen molar-refractivity contribution in [1.82, 2.24) is 0 Å². The van der Waals surface area contributed by atoms with Gasteiger partial charge in [-0.3, -0.25) is 4.79 Å². The maximum atomic E-state index is 12.8. The summed E-state index contributed by atoms with van der Waals surface area (Å²) in [4.78, 5) is 12.8. The number of ketones is 1. The fourth-order valence-electron chi connectivity index (χ4n) is 2.52. The molecule has 0 radical (unpaired) electrons. The molecule has 3 aromatic carbocycles.